The van der Waals surface area contributed by atoms with Crippen LogP contribution in [0.15, 0.2) is 11.5 Å². The van der Waals surface area contributed by atoms with Gasteiger partial charge in [0.05, 0.1) is 0 Å². The standard InChI is InChI=1S/C4H3ClOS/c5-3-1-2-7-4(3)6/h1-3H. The molecule has 0 bridgehead atoms. The molecular formula is C4H3ClOS. The minimum atomic E-state index is -0.370. The lowest BCUT2D eigenvalue weighted by Gasteiger charge is -1.85. The zero-order valence-electron chi connectivity index (χ0n) is 3.43. The van der Waals surface area contributed by atoms with Crippen molar-refractivity contribution in [2.75, 3.05) is 0 Å². The van der Waals surface area contributed by atoms with Gasteiger partial charge in [-0.2, -0.15) is 0 Å². The number of allylic oxidation sites excluding steroid dienone is 1. The minimum absolute atomic E-state index is 0.0293. The molecule has 0 saturated heterocycles. The van der Waals surface area contributed by atoms with E-state index in [4.69, 9.17) is 11.6 Å². The molecular weight excluding hydrogens is 132 g/mol. The molecule has 1 atom stereocenters. The third kappa shape index (κ3) is 0.983. The predicted molar refractivity (Wildman–Crippen MR) is 31.4 cm³/mol. The van der Waals surface area contributed by atoms with Crippen LogP contribution in [-0.4, -0.2) is 10.5 Å². The number of halogens is 1. The highest BCUT2D eigenvalue weighted by molar-refractivity contribution is 8.16. The Kier molecular flexibility index (Phi) is 1.40. The SMILES string of the molecule is O=C1SC=CC1Cl. The topological polar surface area (TPSA) is 17.1 Å². The molecule has 1 unspecified atom stereocenters. The summed E-state index contributed by atoms with van der Waals surface area (Å²) in [7, 11) is 0. The predicted octanol–water partition coefficient (Wildman–Crippen LogP) is 1.38. The van der Waals surface area contributed by atoms with E-state index in [9.17, 15) is 4.79 Å². The Labute approximate surface area is 50.7 Å². The molecule has 1 nitrogen and oxygen atoms in total. The first kappa shape index (κ1) is 5.19. The van der Waals surface area contributed by atoms with Gasteiger partial charge in [0.1, 0.15) is 5.38 Å². The Bertz CT molecular complexity index is 121. The zero-order valence-corrected chi connectivity index (χ0v) is 5.00. The van der Waals surface area contributed by atoms with Gasteiger partial charge >= 0.3 is 0 Å². The van der Waals surface area contributed by atoms with Crippen molar-refractivity contribution in [2.45, 2.75) is 5.38 Å². The van der Waals surface area contributed by atoms with Crippen LogP contribution in [0, 0.1) is 0 Å². The molecule has 1 heterocycles. The lowest BCUT2D eigenvalue weighted by molar-refractivity contribution is -0.109. The Hall–Kier alpha value is 0.0500. The van der Waals surface area contributed by atoms with Crippen LogP contribution < -0.4 is 0 Å². The number of rotatable bonds is 0. The van der Waals surface area contributed by atoms with Crippen molar-refractivity contribution in [1.82, 2.24) is 0 Å². The number of carbonyl (C=O) groups excluding carboxylic acids is 1. The van der Waals surface area contributed by atoms with E-state index in [-0.39, 0.29) is 10.5 Å². The molecule has 1 rings (SSSR count). The highest BCUT2D eigenvalue weighted by Crippen LogP contribution is 2.20. The van der Waals surface area contributed by atoms with Gasteiger partial charge in [0, 0.05) is 0 Å². The molecule has 3 heteroatoms. The summed E-state index contributed by atoms with van der Waals surface area (Å²) in [5.74, 6) is 0. The van der Waals surface area contributed by atoms with Gasteiger partial charge < -0.3 is 0 Å². The summed E-state index contributed by atoms with van der Waals surface area (Å²) in [4.78, 5) is 10.3. The van der Waals surface area contributed by atoms with Crippen LogP contribution in [0.3, 0.4) is 0 Å². The van der Waals surface area contributed by atoms with Gasteiger partial charge in [-0.1, -0.05) is 17.8 Å². The molecule has 0 amide bonds. The largest absolute Gasteiger partial charge is 0.285 e. The van der Waals surface area contributed by atoms with E-state index >= 15 is 0 Å². The van der Waals surface area contributed by atoms with Crippen molar-refractivity contribution in [3.05, 3.63) is 11.5 Å². The lowest BCUT2D eigenvalue weighted by Crippen LogP contribution is -1.99. The zero-order chi connectivity index (χ0) is 5.28. The average Bonchev–Trinajstić information content (AvgIpc) is 1.91. The monoisotopic (exact) mass is 134 g/mol. The van der Waals surface area contributed by atoms with Crippen LogP contribution >= 0.6 is 23.4 Å². The first-order valence-corrected chi connectivity index (χ1v) is 3.13. The molecule has 0 fully saturated rings. The lowest BCUT2D eigenvalue weighted by atomic mass is 10.5. The summed E-state index contributed by atoms with van der Waals surface area (Å²) < 4.78 is 0. The van der Waals surface area contributed by atoms with E-state index in [0.29, 0.717) is 0 Å². The van der Waals surface area contributed by atoms with Gasteiger partial charge in [-0.05, 0) is 5.41 Å². The molecule has 0 saturated carbocycles. The van der Waals surface area contributed by atoms with Crippen LogP contribution in [0.4, 0.5) is 0 Å². The van der Waals surface area contributed by atoms with E-state index in [1.165, 1.54) is 0 Å². The van der Waals surface area contributed by atoms with Gasteiger partial charge in [-0.15, -0.1) is 11.6 Å². The minimum Gasteiger partial charge on any atom is -0.285 e. The Morgan fingerprint density at radius 2 is 2.57 bits per heavy atom. The fourth-order valence-electron chi connectivity index (χ4n) is 0.319. The number of thioether (sulfide) groups is 1. The molecule has 0 aliphatic carbocycles. The summed E-state index contributed by atoms with van der Waals surface area (Å²) in [6.45, 7) is 0. The van der Waals surface area contributed by atoms with Crippen molar-refractivity contribution in [2.24, 2.45) is 0 Å². The highest BCUT2D eigenvalue weighted by Gasteiger charge is 2.15. The van der Waals surface area contributed by atoms with E-state index in [0.717, 1.165) is 11.8 Å². The van der Waals surface area contributed by atoms with Gasteiger partial charge in [0.15, 0.2) is 0 Å². The van der Waals surface area contributed by atoms with Crippen LogP contribution in [0.2, 0.25) is 0 Å². The summed E-state index contributed by atoms with van der Waals surface area (Å²) in [6.07, 6.45) is 1.68. The number of carbonyl (C=O) groups is 1. The van der Waals surface area contributed by atoms with Crippen molar-refractivity contribution >= 4 is 28.5 Å². The van der Waals surface area contributed by atoms with E-state index < -0.39 is 0 Å². The molecule has 1 aliphatic heterocycles. The van der Waals surface area contributed by atoms with Gasteiger partial charge in [0.25, 0.3) is 0 Å². The van der Waals surface area contributed by atoms with Crippen LogP contribution in [0.1, 0.15) is 0 Å². The molecule has 1 aliphatic rings. The second kappa shape index (κ2) is 1.88. The fraction of sp³-hybridized carbons (Fsp3) is 0.250. The molecule has 0 spiro atoms. The van der Waals surface area contributed by atoms with Crippen LogP contribution in [-0.2, 0) is 4.79 Å². The molecule has 0 aromatic heterocycles. The molecule has 0 aromatic carbocycles. The van der Waals surface area contributed by atoms with Crippen molar-refractivity contribution in [3.63, 3.8) is 0 Å². The summed E-state index contributed by atoms with van der Waals surface area (Å²) >= 11 is 6.56. The van der Waals surface area contributed by atoms with Crippen molar-refractivity contribution in [1.29, 1.82) is 0 Å². The Morgan fingerprint density at radius 1 is 1.86 bits per heavy atom. The third-order valence-corrected chi connectivity index (χ3v) is 1.91. The van der Waals surface area contributed by atoms with Gasteiger partial charge in [0.2, 0.25) is 5.12 Å². The van der Waals surface area contributed by atoms with E-state index in [2.05, 4.69) is 0 Å². The Morgan fingerprint density at radius 3 is 2.71 bits per heavy atom. The van der Waals surface area contributed by atoms with Crippen molar-refractivity contribution < 1.29 is 4.79 Å². The van der Waals surface area contributed by atoms with Crippen molar-refractivity contribution in [3.8, 4) is 0 Å². The first-order valence-electron chi connectivity index (χ1n) is 1.82. The molecule has 0 aromatic rings. The maximum Gasteiger partial charge on any atom is 0.214 e. The number of hydrogen-bond acceptors (Lipinski definition) is 2. The first-order chi connectivity index (χ1) is 3.30. The smallest absolute Gasteiger partial charge is 0.214 e. The maximum atomic E-state index is 10.3. The second-order valence-corrected chi connectivity index (χ2v) is 2.55. The summed E-state index contributed by atoms with van der Waals surface area (Å²) in [6, 6.07) is 0. The summed E-state index contributed by atoms with van der Waals surface area (Å²) in [5.41, 5.74) is 0. The summed E-state index contributed by atoms with van der Waals surface area (Å²) in [5, 5.41) is 1.37. The quantitative estimate of drug-likeness (QED) is 0.466. The molecule has 0 N–H and O–H groups in total. The van der Waals surface area contributed by atoms with E-state index in [1.807, 2.05) is 0 Å². The molecule has 7 heavy (non-hydrogen) atoms. The number of hydrogen-bond donors (Lipinski definition) is 0. The third-order valence-electron chi connectivity index (χ3n) is 0.657. The van der Waals surface area contributed by atoms with Crippen LogP contribution in [0.5, 0.6) is 0 Å². The maximum absolute atomic E-state index is 10.3. The van der Waals surface area contributed by atoms with Gasteiger partial charge in [-0.25, -0.2) is 0 Å². The number of alkyl halides is 1. The highest BCUT2D eigenvalue weighted by atomic mass is 35.5. The Balaban J connectivity index is 2.62. The second-order valence-electron chi connectivity index (χ2n) is 1.17. The van der Waals surface area contributed by atoms with Crippen LogP contribution in [0.25, 0.3) is 0 Å². The van der Waals surface area contributed by atoms with Gasteiger partial charge in [-0.3, -0.25) is 4.79 Å². The normalized spacial score (nSPS) is 29.3. The fourth-order valence-corrected chi connectivity index (χ4v) is 1.21. The molecule has 0 radical (unpaired) electrons. The molecule has 38 valence electrons. The van der Waals surface area contributed by atoms with E-state index in [1.54, 1.807) is 11.5 Å². The average molecular weight is 135 g/mol.